The minimum absolute atomic E-state index is 0.574. The van der Waals surface area contributed by atoms with Gasteiger partial charge in [0.05, 0.1) is 6.33 Å². The third-order valence-corrected chi connectivity index (χ3v) is 3.18. The van der Waals surface area contributed by atoms with E-state index in [-0.39, 0.29) is 0 Å². The molecule has 1 aliphatic rings. The zero-order chi connectivity index (χ0) is 11.0. The second kappa shape index (κ2) is 3.73. The van der Waals surface area contributed by atoms with Gasteiger partial charge in [-0.1, -0.05) is 12.8 Å². The van der Waals surface area contributed by atoms with Crippen molar-refractivity contribution >= 4 is 0 Å². The molecule has 2 heterocycles. The molecule has 0 atom stereocenters. The Balaban J connectivity index is 1.87. The Hall–Kier alpha value is -1.65. The van der Waals surface area contributed by atoms with E-state index in [9.17, 15) is 0 Å². The van der Waals surface area contributed by atoms with Gasteiger partial charge in [0, 0.05) is 19.2 Å². The summed E-state index contributed by atoms with van der Waals surface area (Å²) >= 11 is 0. The number of aromatic nitrogens is 5. The van der Waals surface area contributed by atoms with Crippen molar-refractivity contribution in [1.82, 2.24) is 24.7 Å². The first-order valence-corrected chi connectivity index (χ1v) is 5.73. The van der Waals surface area contributed by atoms with Crippen molar-refractivity contribution in [1.29, 1.82) is 0 Å². The molecule has 0 aromatic carbocycles. The number of imidazole rings is 1. The molecule has 3 rings (SSSR count). The summed E-state index contributed by atoms with van der Waals surface area (Å²) in [5, 5.41) is 7.28. The lowest BCUT2D eigenvalue weighted by Crippen LogP contribution is -1.94. The molecule has 0 amide bonds. The predicted octanol–water partition coefficient (Wildman–Crippen LogP) is 1.86. The molecule has 1 N–H and O–H groups in total. The molecule has 1 fully saturated rings. The maximum atomic E-state index is 4.53. The van der Waals surface area contributed by atoms with Crippen LogP contribution >= 0.6 is 0 Å². The van der Waals surface area contributed by atoms with E-state index < -0.39 is 0 Å². The standard InChI is InChI=1S/C11H15N5/c1-16-6-9(12-7-16)11-13-10(14-15-11)8-4-2-3-5-8/h6-8H,2-5H2,1H3,(H,13,14,15). The second-order valence-electron chi connectivity index (χ2n) is 4.45. The quantitative estimate of drug-likeness (QED) is 0.835. The van der Waals surface area contributed by atoms with E-state index in [1.807, 2.05) is 17.8 Å². The lowest BCUT2D eigenvalue weighted by atomic mass is 10.1. The van der Waals surface area contributed by atoms with Gasteiger partial charge in [-0.25, -0.2) is 9.97 Å². The second-order valence-corrected chi connectivity index (χ2v) is 4.45. The molecule has 16 heavy (non-hydrogen) atoms. The summed E-state index contributed by atoms with van der Waals surface area (Å²) in [6, 6.07) is 0. The fraction of sp³-hybridized carbons (Fsp3) is 0.545. The molecular formula is C11H15N5. The van der Waals surface area contributed by atoms with Crippen LogP contribution in [0.3, 0.4) is 0 Å². The molecule has 0 spiro atoms. The van der Waals surface area contributed by atoms with Gasteiger partial charge in [-0.2, -0.15) is 5.10 Å². The molecule has 0 radical (unpaired) electrons. The maximum absolute atomic E-state index is 4.53. The summed E-state index contributed by atoms with van der Waals surface area (Å²) in [7, 11) is 1.95. The summed E-state index contributed by atoms with van der Waals surface area (Å²) in [4.78, 5) is 8.78. The Labute approximate surface area is 93.9 Å². The van der Waals surface area contributed by atoms with Gasteiger partial charge in [0.15, 0.2) is 0 Å². The van der Waals surface area contributed by atoms with Crippen LogP contribution in [0.4, 0.5) is 0 Å². The number of hydrogen-bond acceptors (Lipinski definition) is 3. The van der Waals surface area contributed by atoms with E-state index in [4.69, 9.17) is 0 Å². The van der Waals surface area contributed by atoms with Crippen LogP contribution in [0.5, 0.6) is 0 Å². The van der Waals surface area contributed by atoms with E-state index in [1.165, 1.54) is 25.7 Å². The zero-order valence-electron chi connectivity index (χ0n) is 9.35. The average Bonchev–Trinajstić information content (AvgIpc) is 2.97. The lowest BCUT2D eigenvalue weighted by Gasteiger charge is -2.01. The van der Waals surface area contributed by atoms with Gasteiger partial charge in [0.25, 0.3) is 0 Å². The van der Waals surface area contributed by atoms with E-state index in [0.717, 1.165) is 11.5 Å². The summed E-state index contributed by atoms with van der Waals surface area (Å²) in [6.45, 7) is 0. The molecular weight excluding hydrogens is 202 g/mol. The maximum Gasteiger partial charge on any atom is 0.201 e. The Morgan fingerprint density at radius 3 is 2.88 bits per heavy atom. The summed E-state index contributed by atoms with van der Waals surface area (Å²) in [6.07, 6.45) is 8.78. The number of rotatable bonds is 2. The van der Waals surface area contributed by atoms with Crippen molar-refractivity contribution in [2.45, 2.75) is 31.6 Å². The minimum Gasteiger partial charge on any atom is -0.340 e. The van der Waals surface area contributed by atoms with Crippen molar-refractivity contribution in [3.8, 4) is 11.5 Å². The number of aromatic amines is 1. The van der Waals surface area contributed by atoms with E-state index in [1.54, 1.807) is 6.33 Å². The highest BCUT2D eigenvalue weighted by Gasteiger charge is 2.21. The first-order valence-electron chi connectivity index (χ1n) is 5.73. The van der Waals surface area contributed by atoms with Crippen LogP contribution in [0, 0.1) is 0 Å². The van der Waals surface area contributed by atoms with Gasteiger partial charge in [0.2, 0.25) is 5.82 Å². The van der Waals surface area contributed by atoms with Gasteiger partial charge in [0.1, 0.15) is 11.5 Å². The lowest BCUT2D eigenvalue weighted by molar-refractivity contribution is 0.672. The van der Waals surface area contributed by atoms with E-state index in [0.29, 0.717) is 11.7 Å². The van der Waals surface area contributed by atoms with Crippen LogP contribution in [0.1, 0.15) is 37.4 Å². The van der Waals surface area contributed by atoms with Gasteiger partial charge < -0.3 is 4.57 Å². The predicted molar refractivity (Wildman–Crippen MR) is 59.8 cm³/mol. The third-order valence-electron chi connectivity index (χ3n) is 3.18. The third kappa shape index (κ3) is 1.62. The molecule has 0 saturated heterocycles. The highest BCUT2D eigenvalue weighted by Crippen LogP contribution is 2.32. The first-order chi connectivity index (χ1) is 7.83. The molecule has 2 aromatic heterocycles. The number of nitrogens with zero attached hydrogens (tertiary/aromatic N) is 4. The smallest absolute Gasteiger partial charge is 0.201 e. The molecule has 1 aliphatic carbocycles. The van der Waals surface area contributed by atoms with Crippen LogP contribution in [0.2, 0.25) is 0 Å². The van der Waals surface area contributed by atoms with Crippen LogP contribution in [-0.2, 0) is 7.05 Å². The van der Waals surface area contributed by atoms with Gasteiger partial charge in [-0.15, -0.1) is 0 Å². The molecule has 5 nitrogen and oxygen atoms in total. The van der Waals surface area contributed by atoms with Crippen LogP contribution in [0.25, 0.3) is 11.5 Å². The molecule has 0 bridgehead atoms. The van der Waals surface area contributed by atoms with Crippen molar-refractivity contribution in [3.63, 3.8) is 0 Å². The Bertz CT molecular complexity index is 478. The SMILES string of the molecule is Cn1cnc(-c2n[nH]c(C3CCCC3)n2)c1. The fourth-order valence-corrected chi connectivity index (χ4v) is 2.30. The van der Waals surface area contributed by atoms with E-state index in [2.05, 4.69) is 20.2 Å². The van der Waals surface area contributed by atoms with Crippen LogP contribution in [-0.4, -0.2) is 24.7 Å². The molecule has 5 heteroatoms. The number of aryl methyl sites for hydroxylation is 1. The number of nitrogens with one attached hydrogen (secondary N) is 1. The van der Waals surface area contributed by atoms with Crippen molar-refractivity contribution < 1.29 is 0 Å². The van der Waals surface area contributed by atoms with Crippen molar-refractivity contribution in [2.24, 2.45) is 7.05 Å². The van der Waals surface area contributed by atoms with Gasteiger partial charge >= 0.3 is 0 Å². The Morgan fingerprint density at radius 2 is 2.19 bits per heavy atom. The first kappa shape index (κ1) is 9.57. The molecule has 0 unspecified atom stereocenters. The highest BCUT2D eigenvalue weighted by molar-refractivity contribution is 5.46. The minimum atomic E-state index is 0.574. The van der Waals surface area contributed by atoms with Crippen molar-refractivity contribution in [3.05, 3.63) is 18.3 Å². The zero-order valence-corrected chi connectivity index (χ0v) is 9.35. The van der Waals surface area contributed by atoms with Crippen molar-refractivity contribution in [2.75, 3.05) is 0 Å². The summed E-state index contributed by atoms with van der Waals surface area (Å²) in [5.41, 5.74) is 0.836. The Morgan fingerprint density at radius 1 is 1.38 bits per heavy atom. The fourth-order valence-electron chi connectivity index (χ4n) is 2.30. The van der Waals surface area contributed by atoms with Crippen LogP contribution in [0.15, 0.2) is 12.5 Å². The summed E-state index contributed by atoms with van der Waals surface area (Å²) in [5.74, 6) is 2.31. The highest BCUT2D eigenvalue weighted by atomic mass is 15.2. The topological polar surface area (TPSA) is 59.4 Å². The molecule has 0 aliphatic heterocycles. The normalized spacial score (nSPS) is 17.1. The average molecular weight is 217 g/mol. The number of H-pyrrole nitrogens is 1. The van der Waals surface area contributed by atoms with E-state index >= 15 is 0 Å². The Kier molecular flexibility index (Phi) is 2.23. The molecule has 1 saturated carbocycles. The molecule has 2 aromatic rings. The largest absolute Gasteiger partial charge is 0.340 e. The van der Waals surface area contributed by atoms with Gasteiger partial charge in [-0.3, -0.25) is 5.10 Å². The van der Waals surface area contributed by atoms with Crippen LogP contribution < -0.4 is 0 Å². The van der Waals surface area contributed by atoms with Gasteiger partial charge in [-0.05, 0) is 12.8 Å². The number of hydrogen-bond donors (Lipinski definition) is 1. The monoisotopic (exact) mass is 217 g/mol. The summed E-state index contributed by atoms with van der Waals surface area (Å²) < 4.78 is 1.90. The molecule has 84 valence electrons.